The molecular formula is C18H23NO. The van der Waals surface area contributed by atoms with Crippen molar-refractivity contribution >= 4 is 0 Å². The highest BCUT2D eigenvalue weighted by atomic mass is 16.5. The molecule has 0 heterocycles. The van der Waals surface area contributed by atoms with Crippen molar-refractivity contribution in [2.75, 3.05) is 27.2 Å². The van der Waals surface area contributed by atoms with Crippen LogP contribution in [0.1, 0.15) is 24.1 Å². The maximum absolute atomic E-state index is 8.95. The first kappa shape index (κ1) is 13.3. The first-order valence-corrected chi connectivity index (χ1v) is 6.94. The predicted octanol–water partition coefficient (Wildman–Crippen LogP) is 3.66. The minimum absolute atomic E-state index is 0.514. The second-order valence-electron chi connectivity index (χ2n) is 5.16. The highest BCUT2D eigenvalue weighted by Gasteiger charge is 2.16. The number of likely N-dealkylation sites (N-methyl/N-ethyl adjacent to an activating group) is 1. The van der Waals surface area contributed by atoms with Gasteiger partial charge in [-0.3, -0.25) is 0 Å². The van der Waals surface area contributed by atoms with Gasteiger partial charge in [-0.05, 0) is 37.7 Å². The Morgan fingerprint density at radius 3 is 2.35 bits per heavy atom. The van der Waals surface area contributed by atoms with Gasteiger partial charge in [0.1, 0.15) is 6.08 Å². The van der Waals surface area contributed by atoms with Gasteiger partial charge in [0, 0.05) is 6.54 Å². The lowest BCUT2D eigenvalue weighted by atomic mass is 9.97. The van der Waals surface area contributed by atoms with Crippen molar-refractivity contribution in [3.8, 4) is 0 Å². The number of rotatable bonds is 6. The van der Waals surface area contributed by atoms with Gasteiger partial charge in [0.2, 0.25) is 0 Å². The minimum Gasteiger partial charge on any atom is -0.367 e. The number of benzene rings is 2. The average Bonchev–Trinajstić information content (AvgIpc) is 2.48. The van der Waals surface area contributed by atoms with E-state index in [2.05, 4.69) is 4.90 Å². The molecule has 2 aromatic carbocycles. The Hall–Kier alpha value is -1.64. The number of hydrogen-bond donors (Lipinski definition) is 0. The fraction of sp³-hybridized carbons (Fsp3) is 0.333. The van der Waals surface area contributed by atoms with Crippen LogP contribution in [0.25, 0.3) is 0 Å². The van der Waals surface area contributed by atoms with Crippen molar-refractivity contribution in [3.05, 3.63) is 71.3 Å². The van der Waals surface area contributed by atoms with Crippen LogP contribution in [0.3, 0.4) is 0 Å². The maximum atomic E-state index is 8.95. The van der Waals surface area contributed by atoms with E-state index in [0.29, 0.717) is 6.61 Å². The molecule has 2 heteroatoms. The van der Waals surface area contributed by atoms with Crippen molar-refractivity contribution in [1.29, 1.82) is 0 Å². The minimum atomic E-state index is -1.16. The second kappa shape index (κ2) is 7.22. The van der Waals surface area contributed by atoms with Crippen LogP contribution in [-0.2, 0) is 4.74 Å². The van der Waals surface area contributed by atoms with Gasteiger partial charge >= 0.3 is 0 Å². The van der Waals surface area contributed by atoms with Gasteiger partial charge in [-0.2, -0.15) is 0 Å². The standard InChI is InChI=1S/C18H23NO/c1-15-9-7-8-12-17(15)18(20-14-13-19(2)3)16-10-5-4-6-11-16/h4-12,18H,13-14H2,1-3H3/i18D. The Morgan fingerprint density at radius 1 is 1.05 bits per heavy atom. The summed E-state index contributed by atoms with van der Waals surface area (Å²) in [5.74, 6) is 0. The Morgan fingerprint density at radius 2 is 1.70 bits per heavy atom. The lowest BCUT2D eigenvalue weighted by Gasteiger charge is -2.22. The van der Waals surface area contributed by atoms with Crippen LogP contribution in [-0.4, -0.2) is 32.1 Å². The summed E-state index contributed by atoms with van der Waals surface area (Å²) in [7, 11) is 4.01. The third-order valence-corrected chi connectivity index (χ3v) is 3.21. The molecule has 0 aliphatic rings. The van der Waals surface area contributed by atoms with Crippen molar-refractivity contribution in [2.45, 2.75) is 13.0 Å². The summed E-state index contributed by atoms with van der Waals surface area (Å²) >= 11 is 0. The molecule has 0 saturated carbocycles. The van der Waals surface area contributed by atoms with Crippen LogP contribution in [0.5, 0.6) is 0 Å². The molecule has 0 aliphatic heterocycles. The molecule has 0 spiro atoms. The van der Waals surface area contributed by atoms with Gasteiger partial charge in [-0.25, -0.2) is 0 Å². The molecule has 0 aromatic heterocycles. The fourth-order valence-electron chi connectivity index (χ4n) is 2.06. The summed E-state index contributed by atoms with van der Waals surface area (Å²) < 4.78 is 15.0. The van der Waals surface area contributed by atoms with Gasteiger partial charge in [0.25, 0.3) is 0 Å². The van der Waals surface area contributed by atoms with Crippen molar-refractivity contribution in [1.82, 2.24) is 4.90 Å². The monoisotopic (exact) mass is 270 g/mol. The predicted molar refractivity (Wildman–Crippen MR) is 84.0 cm³/mol. The normalized spacial score (nSPS) is 14.9. The van der Waals surface area contributed by atoms with Crippen LogP contribution in [0, 0.1) is 6.92 Å². The molecular weight excluding hydrogens is 246 g/mol. The maximum Gasteiger partial charge on any atom is 0.108 e. The Labute approximate surface area is 123 Å². The van der Waals surface area contributed by atoms with E-state index in [0.717, 1.165) is 23.2 Å². The Balaban J connectivity index is 2.37. The molecule has 106 valence electrons. The second-order valence-corrected chi connectivity index (χ2v) is 5.16. The molecule has 0 N–H and O–H groups in total. The Kier molecular flexibility index (Phi) is 4.82. The molecule has 0 fully saturated rings. The van der Waals surface area contributed by atoms with Crippen molar-refractivity contribution in [3.63, 3.8) is 0 Å². The lowest BCUT2D eigenvalue weighted by molar-refractivity contribution is 0.0683. The first-order chi connectivity index (χ1) is 10.0. The van der Waals surface area contributed by atoms with Crippen LogP contribution >= 0.6 is 0 Å². The smallest absolute Gasteiger partial charge is 0.108 e. The summed E-state index contributed by atoms with van der Waals surface area (Å²) in [6, 6.07) is 17.7. The van der Waals surface area contributed by atoms with E-state index in [9.17, 15) is 0 Å². The number of nitrogens with zero attached hydrogens (tertiary/aromatic N) is 1. The van der Waals surface area contributed by atoms with Crippen molar-refractivity contribution in [2.24, 2.45) is 0 Å². The number of hydrogen-bond acceptors (Lipinski definition) is 2. The van der Waals surface area contributed by atoms with Crippen LogP contribution < -0.4 is 0 Å². The van der Waals surface area contributed by atoms with E-state index in [1.165, 1.54) is 0 Å². The van der Waals surface area contributed by atoms with Gasteiger partial charge in [0.05, 0.1) is 7.98 Å². The molecule has 2 aromatic rings. The summed E-state index contributed by atoms with van der Waals surface area (Å²) in [5.41, 5.74) is 2.83. The summed E-state index contributed by atoms with van der Waals surface area (Å²) in [4.78, 5) is 2.06. The summed E-state index contributed by atoms with van der Waals surface area (Å²) in [6.45, 7) is 3.33. The largest absolute Gasteiger partial charge is 0.367 e. The van der Waals surface area contributed by atoms with E-state index in [4.69, 9.17) is 6.11 Å². The van der Waals surface area contributed by atoms with E-state index in [1.807, 2.05) is 75.6 Å². The molecule has 20 heavy (non-hydrogen) atoms. The molecule has 0 aliphatic carbocycles. The van der Waals surface area contributed by atoms with Crippen LogP contribution in [0.4, 0.5) is 0 Å². The SMILES string of the molecule is [2H]C(OCCN(C)C)(c1ccccc1)c1ccccc1C. The lowest BCUT2D eigenvalue weighted by Crippen LogP contribution is -2.20. The van der Waals surface area contributed by atoms with Crippen LogP contribution in [0.15, 0.2) is 54.6 Å². The third-order valence-electron chi connectivity index (χ3n) is 3.21. The third kappa shape index (κ3) is 3.92. The van der Waals surface area contributed by atoms with Gasteiger partial charge in [-0.15, -0.1) is 0 Å². The van der Waals surface area contributed by atoms with E-state index in [1.54, 1.807) is 0 Å². The molecule has 0 amide bonds. The van der Waals surface area contributed by atoms with Gasteiger partial charge in [0.15, 0.2) is 0 Å². The first-order valence-electron chi connectivity index (χ1n) is 7.44. The highest BCUT2D eigenvalue weighted by molar-refractivity contribution is 5.35. The molecule has 0 saturated heterocycles. The zero-order valence-corrected chi connectivity index (χ0v) is 12.5. The zero-order chi connectivity index (χ0) is 15.3. The van der Waals surface area contributed by atoms with Crippen molar-refractivity contribution < 1.29 is 6.11 Å². The van der Waals surface area contributed by atoms with E-state index in [-0.39, 0.29) is 0 Å². The topological polar surface area (TPSA) is 12.5 Å². The molecule has 1 atom stereocenters. The summed E-state index contributed by atoms with van der Waals surface area (Å²) in [6.07, 6.45) is -1.16. The Bertz CT molecular complexity index is 570. The molecule has 2 nitrogen and oxygen atoms in total. The summed E-state index contributed by atoms with van der Waals surface area (Å²) in [5, 5.41) is 0. The molecule has 0 bridgehead atoms. The van der Waals surface area contributed by atoms with E-state index >= 15 is 0 Å². The fourth-order valence-corrected chi connectivity index (χ4v) is 2.06. The quantitative estimate of drug-likeness (QED) is 0.794. The molecule has 0 radical (unpaired) electrons. The zero-order valence-electron chi connectivity index (χ0n) is 13.5. The van der Waals surface area contributed by atoms with Crippen LogP contribution in [0.2, 0.25) is 0 Å². The van der Waals surface area contributed by atoms with E-state index < -0.39 is 6.08 Å². The molecule has 2 rings (SSSR count). The average molecular weight is 270 g/mol. The van der Waals surface area contributed by atoms with Gasteiger partial charge in [-0.1, -0.05) is 54.6 Å². The number of aryl methyl sites for hydroxylation is 1. The molecule has 1 unspecified atom stereocenters. The van der Waals surface area contributed by atoms with Gasteiger partial charge < -0.3 is 9.64 Å². The number of ether oxygens (including phenoxy) is 1. The highest BCUT2D eigenvalue weighted by Crippen LogP contribution is 2.28.